The number of carbonyl (C=O) groups excluding carboxylic acids is 1. The van der Waals surface area contributed by atoms with E-state index >= 15 is 0 Å². The van der Waals surface area contributed by atoms with Crippen LogP contribution in [0, 0.1) is 0 Å². The lowest BCUT2D eigenvalue weighted by Crippen LogP contribution is -2.34. The Hall–Kier alpha value is -1.96. The van der Waals surface area contributed by atoms with Gasteiger partial charge in [-0.1, -0.05) is 0 Å². The van der Waals surface area contributed by atoms with Gasteiger partial charge in [-0.15, -0.1) is 0 Å². The third kappa shape index (κ3) is 3.00. The molecule has 92 valence electrons. The van der Waals surface area contributed by atoms with Gasteiger partial charge in [0.1, 0.15) is 11.9 Å². The van der Waals surface area contributed by atoms with Gasteiger partial charge in [-0.3, -0.25) is 4.79 Å². The van der Waals surface area contributed by atoms with Crippen LogP contribution in [-0.4, -0.2) is 38.6 Å². The second-order valence-electron chi connectivity index (χ2n) is 3.95. The average molecular weight is 238 g/mol. The van der Waals surface area contributed by atoms with Gasteiger partial charge in [0, 0.05) is 5.92 Å². The minimum atomic E-state index is -1.28. The second kappa shape index (κ2) is 4.50. The van der Waals surface area contributed by atoms with Crippen molar-refractivity contribution >= 4 is 17.8 Å². The van der Waals surface area contributed by atoms with Crippen molar-refractivity contribution in [1.82, 2.24) is 15.0 Å². The molecule has 1 saturated carbocycles. The Morgan fingerprint density at radius 1 is 1.47 bits per heavy atom. The lowest BCUT2D eigenvalue weighted by atomic mass is 10.3. The third-order valence-electron chi connectivity index (χ3n) is 2.39. The number of carbonyl (C=O) groups is 1. The summed E-state index contributed by atoms with van der Waals surface area (Å²) in [5.74, 6) is 0.565. The number of primary amides is 1. The van der Waals surface area contributed by atoms with Gasteiger partial charge in [0.05, 0.1) is 6.54 Å². The number of aromatic nitrogens is 3. The number of rotatable bonds is 5. The molecular formula is C9H14N6O2. The van der Waals surface area contributed by atoms with E-state index in [1.807, 2.05) is 0 Å². The molecule has 0 bridgehead atoms. The van der Waals surface area contributed by atoms with Crippen LogP contribution >= 0.6 is 0 Å². The van der Waals surface area contributed by atoms with E-state index in [1.54, 1.807) is 0 Å². The van der Waals surface area contributed by atoms with E-state index in [9.17, 15) is 9.90 Å². The van der Waals surface area contributed by atoms with Gasteiger partial charge in [0.15, 0.2) is 0 Å². The van der Waals surface area contributed by atoms with E-state index in [4.69, 9.17) is 11.5 Å². The van der Waals surface area contributed by atoms with Crippen molar-refractivity contribution in [2.45, 2.75) is 24.9 Å². The fourth-order valence-electron chi connectivity index (χ4n) is 1.30. The van der Waals surface area contributed by atoms with Crippen molar-refractivity contribution in [2.24, 2.45) is 5.73 Å². The number of nitrogens with two attached hydrogens (primary N) is 2. The standard InChI is InChI=1S/C9H14N6O2/c10-6(17)5(16)3-12-9-14-7(4-1-2-4)13-8(11)15-9/h4-5,16H,1-3H2,(H2,10,17)(H3,11,12,13,14,15). The van der Waals surface area contributed by atoms with E-state index in [-0.39, 0.29) is 18.4 Å². The number of nitrogen functional groups attached to an aromatic ring is 1. The minimum Gasteiger partial charge on any atom is -0.381 e. The maximum atomic E-state index is 10.6. The minimum absolute atomic E-state index is 0.0527. The quantitative estimate of drug-likeness (QED) is 0.494. The lowest BCUT2D eigenvalue weighted by molar-refractivity contribution is -0.125. The molecule has 0 saturated heterocycles. The van der Waals surface area contributed by atoms with Crippen molar-refractivity contribution in [3.8, 4) is 0 Å². The van der Waals surface area contributed by atoms with Gasteiger partial charge in [-0.2, -0.15) is 15.0 Å². The zero-order chi connectivity index (χ0) is 12.4. The van der Waals surface area contributed by atoms with Gasteiger partial charge in [-0.05, 0) is 12.8 Å². The number of nitrogens with zero attached hydrogens (tertiary/aromatic N) is 3. The van der Waals surface area contributed by atoms with Crippen molar-refractivity contribution in [3.63, 3.8) is 0 Å². The highest BCUT2D eigenvalue weighted by molar-refractivity contribution is 5.79. The predicted octanol–water partition coefficient (Wildman–Crippen LogP) is -1.41. The molecule has 1 aromatic heterocycles. The molecule has 0 aliphatic heterocycles. The Kier molecular flexibility index (Phi) is 3.05. The Morgan fingerprint density at radius 3 is 2.76 bits per heavy atom. The molecule has 0 aromatic carbocycles. The molecule has 1 aromatic rings. The van der Waals surface area contributed by atoms with Crippen molar-refractivity contribution in [2.75, 3.05) is 17.6 Å². The summed E-state index contributed by atoms with van der Waals surface area (Å²) < 4.78 is 0. The highest BCUT2D eigenvalue weighted by Gasteiger charge is 2.27. The molecule has 2 rings (SSSR count). The highest BCUT2D eigenvalue weighted by atomic mass is 16.3. The first kappa shape index (κ1) is 11.5. The van der Waals surface area contributed by atoms with E-state index < -0.39 is 12.0 Å². The first-order valence-corrected chi connectivity index (χ1v) is 5.29. The molecule has 17 heavy (non-hydrogen) atoms. The maximum Gasteiger partial charge on any atom is 0.248 e. The third-order valence-corrected chi connectivity index (χ3v) is 2.39. The predicted molar refractivity (Wildman–Crippen MR) is 59.9 cm³/mol. The van der Waals surface area contributed by atoms with Crippen molar-refractivity contribution in [3.05, 3.63) is 5.82 Å². The largest absolute Gasteiger partial charge is 0.381 e. The van der Waals surface area contributed by atoms with Crippen LogP contribution in [0.5, 0.6) is 0 Å². The number of aliphatic hydroxyl groups is 1. The topological polar surface area (TPSA) is 140 Å². The molecule has 1 aliphatic rings. The SMILES string of the molecule is NC(=O)C(O)CNc1nc(N)nc(C2CC2)n1. The Balaban J connectivity index is 2.02. The van der Waals surface area contributed by atoms with Crippen LogP contribution < -0.4 is 16.8 Å². The van der Waals surface area contributed by atoms with Crippen LogP contribution in [0.4, 0.5) is 11.9 Å². The normalized spacial score (nSPS) is 16.5. The average Bonchev–Trinajstić information content (AvgIpc) is 3.08. The van der Waals surface area contributed by atoms with E-state index in [1.165, 1.54) is 0 Å². The molecule has 6 N–H and O–H groups in total. The molecular weight excluding hydrogens is 224 g/mol. The molecule has 1 fully saturated rings. The molecule has 8 nitrogen and oxygen atoms in total. The number of hydrogen-bond donors (Lipinski definition) is 4. The molecule has 0 radical (unpaired) electrons. The summed E-state index contributed by atoms with van der Waals surface area (Å²) in [4.78, 5) is 22.7. The molecule has 8 heteroatoms. The zero-order valence-corrected chi connectivity index (χ0v) is 9.13. The van der Waals surface area contributed by atoms with Gasteiger partial charge in [-0.25, -0.2) is 0 Å². The van der Waals surface area contributed by atoms with Gasteiger partial charge in [0.2, 0.25) is 17.8 Å². The molecule has 1 atom stereocenters. The summed E-state index contributed by atoms with van der Waals surface area (Å²) in [7, 11) is 0. The number of aliphatic hydroxyl groups excluding tert-OH is 1. The van der Waals surface area contributed by atoms with Crippen LogP contribution in [0.15, 0.2) is 0 Å². The Labute approximate surface area is 97.5 Å². The van der Waals surface area contributed by atoms with E-state index in [2.05, 4.69) is 20.3 Å². The van der Waals surface area contributed by atoms with Crippen LogP contribution in [-0.2, 0) is 4.79 Å². The molecule has 1 unspecified atom stereocenters. The number of nitrogens with one attached hydrogen (secondary N) is 1. The van der Waals surface area contributed by atoms with Crippen LogP contribution in [0.1, 0.15) is 24.6 Å². The number of anilines is 2. The molecule has 1 amide bonds. The van der Waals surface area contributed by atoms with Crippen LogP contribution in [0.2, 0.25) is 0 Å². The smallest absolute Gasteiger partial charge is 0.248 e. The first-order valence-electron chi connectivity index (χ1n) is 5.29. The van der Waals surface area contributed by atoms with Crippen molar-refractivity contribution < 1.29 is 9.90 Å². The van der Waals surface area contributed by atoms with Gasteiger partial charge >= 0.3 is 0 Å². The summed E-state index contributed by atoms with van der Waals surface area (Å²) in [5.41, 5.74) is 10.4. The van der Waals surface area contributed by atoms with Crippen LogP contribution in [0.3, 0.4) is 0 Å². The number of hydrogen-bond acceptors (Lipinski definition) is 7. The monoisotopic (exact) mass is 238 g/mol. The summed E-state index contributed by atoms with van der Waals surface area (Å²) in [5, 5.41) is 11.9. The summed E-state index contributed by atoms with van der Waals surface area (Å²) in [6.45, 7) is -0.0527. The maximum absolute atomic E-state index is 10.6. The van der Waals surface area contributed by atoms with Crippen LogP contribution in [0.25, 0.3) is 0 Å². The molecule has 1 aliphatic carbocycles. The van der Waals surface area contributed by atoms with E-state index in [0.29, 0.717) is 11.7 Å². The Bertz CT molecular complexity index is 433. The molecule has 1 heterocycles. The Morgan fingerprint density at radius 2 is 2.18 bits per heavy atom. The zero-order valence-electron chi connectivity index (χ0n) is 9.13. The van der Waals surface area contributed by atoms with Gasteiger partial charge < -0.3 is 21.9 Å². The summed E-state index contributed by atoms with van der Waals surface area (Å²) >= 11 is 0. The fourth-order valence-corrected chi connectivity index (χ4v) is 1.30. The fraction of sp³-hybridized carbons (Fsp3) is 0.556. The van der Waals surface area contributed by atoms with Crippen molar-refractivity contribution in [1.29, 1.82) is 0 Å². The second-order valence-corrected chi connectivity index (χ2v) is 3.95. The lowest BCUT2D eigenvalue weighted by Gasteiger charge is -2.09. The summed E-state index contributed by atoms with van der Waals surface area (Å²) in [6.07, 6.45) is 0.817. The highest BCUT2D eigenvalue weighted by Crippen LogP contribution is 2.38. The number of amides is 1. The van der Waals surface area contributed by atoms with E-state index in [0.717, 1.165) is 12.8 Å². The van der Waals surface area contributed by atoms with Gasteiger partial charge in [0.25, 0.3) is 0 Å². The first-order chi connectivity index (χ1) is 8.06. The molecule has 0 spiro atoms. The summed E-state index contributed by atoms with van der Waals surface area (Å²) in [6, 6.07) is 0.